The van der Waals surface area contributed by atoms with Gasteiger partial charge in [0.05, 0.1) is 32.5 Å². The van der Waals surface area contributed by atoms with Gasteiger partial charge in [0.25, 0.3) is 0 Å². The molecule has 0 radical (unpaired) electrons. The Labute approximate surface area is 296 Å². The fraction of sp³-hybridized carbons (Fsp3) is 0.933. The number of carbonyl (C=O) groups excluding carboxylic acids is 2. The number of hydrogen-bond donors (Lipinski definition) is 8. The summed E-state index contributed by atoms with van der Waals surface area (Å²) in [5.74, 6) is -0.857. The monoisotopic (exact) mass is 763 g/mol. The van der Waals surface area contributed by atoms with Crippen LogP contribution in [-0.2, 0) is 57.3 Å². The fourth-order valence-corrected chi connectivity index (χ4v) is 6.61. The van der Waals surface area contributed by atoms with E-state index in [9.17, 15) is 53.2 Å². The van der Waals surface area contributed by atoms with Gasteiger partial charge in [0.1, 0.15) is 54.9 Å². The highest BCUT2D eigenvalue weighted by Gasteiger charge is 2.54. The highest BCUT2D eigenvalue weighted by molar-refractivity contribution is 7.80. The number of aliphatic hydroxyl groups excluding tert-OH is 6. The van der Waals surface area contributed by atoms with Crippen LogP contribution in [0.1, 0.15) is 65.2 Å². The summed E-state index contributed by atoms with van der Waals surface area (Å²) >= 11 is 0. The van der Waals surface area contributed by atoms with Crippen molar-refractivity contribution in [3.8, 4) is 0 Å². The second-order valence-electron chi connectivity index (χ2n) is 12.8. The summed E-state index contributed by atoms with van der Waals surface area (Å²) in [7, 11) is -3.74. The third-order valence-corrected chi connectivity index (χ3v) is 9.29. The number of esters is 1. The molecule has 3 aliphatic heterocycles. The van der Waals surface area contributed by atoms with Crippen molar-refractivity contribution in [2.24, 2.45) is 0 Å². The molecule has 0 saturated carbocycles. The van der Waals surface area contributed by atoms with Crippen LogP contribution in [0.4, 0.5) is 0 Å². The van der Waals surface area contributed by atoms with Crippen molar-refractivity contribution < 1.29 is 90.5 Å². The Kier molecular flexibility index (Phi) is 17.7. The van der Waals surface area contributed by atoms with Crippen LogP contribution in [0.5, 0.6) is 0 Å². The predicted molar refractivity (Wildman–Crippen MR) is 169 cm³/mol. The van der Waals surface area contributed by atoms with Crippen molar-refractivity contribution in [2.75, 3.05) is 26.9 Å². The molecule has 51 heavy (non-hydrogen) atoms. The molecule has 0 spiro atoms. The Morgan fingerprint density at radius 3 is 2.04 bits per heavy atom. The van der Waals surface area contributed by atoms with Gasteiger partial charge in [-0.3, -0.25) is 14.1 Å². The van der Waals surface area contributed by atoms with Crippen molar-refractivity contribution in [1.82, 2.24) is 5.32 Å². The van der Waals surface area contributed by atoms with E-state index in [1.807, 2.05) is 0 Å². The number of hydrogen-bond acceptors (Lipinski definition) is 18. The Balaban J connectivity index is 1.84. The summed E-state index contributed by atoms with van der Waals surface area (Å²) in [6, 6.07) is -1.28. The quantitative estimate of drug-likeness (QED) is 0.0380. The number of amides is 1. The Morgan fingerprint density at radius 2 is 1.43 bits per heavy atom. The van der Waals surface area contributed by atoms with Gasteiger partial charge in [-0.15, -0.1) is 0 Å². The Morgan fingerprint density at radius 1 is 0.804 bits per heavy atom. The first kappa shape index (κ1) is 43.7. The summed E-state index contributed by atoms with van der Waals surface area (Å²) in [5.41, 5.74) is 0. The molecule has 8 N–H and O–H groups in total. The third-order valence-electron chi connectivity index (χ3n) is 8.80. The molecular formula is C30H53NO19S. The molecule has 3 rings (SSSR count). The maximum absolute atomic E-state index is 12.5. The van der Waals surface area contributed by atoms with E-state index in [-0.39, 0.29) is 19.0 Å². The number of aliphatic hydroxyl groups is 6. The summed E-state index contributed by atoms with van der Waals surface area (Å²) in [4.78, 5) is 23.8. The van der Waals surface area contributed by atoms with Crippen LogP contribution in [0.3, 0.4) is 0 Å². The topological polar surface area (TPSA) is 296 Å². The standard InChI is InChI=1S/C30H53NO19S/c1-15-22(36)24(38)25(39)30(45-15)49-27-21(31-16(2)34)28(44-11-9-7-5-4-6-8-10-20(35)43-3)47-19(14-33)26(27)48-29-23(37)18(50-51(40,41)42)12-17(13-32)46-29/h15,17-19,21-30,32-33,36-39H,4-14H2,1-3H3,(H,31,34)(H,40,41,42)/t15-,17-,18-,19+,21+,22+,23+,24+,25-,26+,27+,28+,29-,30-/m0/s1. The van der Waals surface area contributed by atoms with E-state index in [4.69, 9.17) is 28.4 Å². The summed E-state index contributed by atoms with van der Waals surface area (Å²) in [5, 5.41) is 65.3. The molecule has 3 heterocycles. The maximum Gasteiger partial charge on any atom is 0.397 e. The van der Waals surface area contributed by atoms with Crippen LogP contribution in [-0.4, -0.2) is 168 Å². The molecule has 0 aromatic rings. The summed E-state index contributed by atoms with van der Waals surface area (Å²) in [6.07, 6.45) is -15.4. The van der Waals surface area contributed by atoms with E-state index < -0.39 is 115 Å². The maximum atomic E-state index is 12.5. The largest absolute Gasteiger partial charge is 0.469 e. The highest BCUT2D eigenvalue weighted by atomic mass is 32.3. The number of carbonyl (C=O) groups is 2. The van der Waals surface area contributed by atoms with Gasteiger partial charge < -0.3 is 69.1 Å². The van der Waals surface area contributed by atoms with Gasteiger partial charge in [-0.1, -0.05) is 25.7 Å². The molecule has 1 amide bonds. The summed E-state index contributed by atoms with van der Waals surface area (Å²) in [6.45, 7) is 1.28. The molecule has 0 bridgehead atoms. The van der Waals surface area contributed by atoms with Crippen molar-refractivity contribution >= 4 is 22.3 Å². The molecule has 0 unspecified atom stereocenters. The van der Waals surface area contributed by atoms with Crippen molar-refractivity contribution in [1.29, 1.82) is 0 Å². The molecule has 298 valence electrons. The molecule has 3 fully saturated rings. The number of nitrogens with one attached hydrogen (secondary N) is 1. The number of ether oxygens (including phenoxy) is 7. The first-order chi connectivity index (χ1) is 24.1. The van der Waals surface area contributed by atoms with E-state index in [1.54, 1.807) is 0 Å². The SMILES string of the molecule is COC(=O)CCCCCCCCO[C@@H]1O[C@H](CO)[C@@H](O[C@@H]2O[C@H](CO)C[C@H](OS(=O)(=O)O)[C@H]2O)[C@H](O[C@@H]2O[C@@H](C)[C@@H](O)[C@@H](O)[C@@H]2O)[C@H]1NC(C)=O. The van der Waals surface area contributed by atoms with Crippen molar-refractivity contribution in [2.45, 2.75) is 151 Å². The molecule has 3 aliphatic rings. The zero-order valence-corrected chi connectivity index (χ0v) is 29.6. The van der Waals surface area contributed by atoms with Crippen LogP contribution in [0, 0.1) is 0 Å². The van der Waals surface area contributed by atoms with E-state index in [0.29, 0.717) is 19.3 Å². The molecule has 20 nitrogen and oxygen atoms in total. The van der Waals surface area contributed by atoms with E-state index in [0.717, 1.165) is 25.7 Å². The number of rotatable bonds is 19. The lowest BCUT2D eigenvalue weighted by Gasteiger charge is -2.50. The molecule has 0 aromatic heterocycles. The highest BCUT2D eigenvalue weighted by Crippen LogP contribution is 2.34. The number of methoxy groups -OCH3 is 1. The smallest absolute Gasteiger partial charge is 0.397 e. The predicted octanol–water partition coefficient (Wildman–Crippen LogP) is -2.62. The van der Waals surface area contributed by atoms with Crippen molar-refractivity contribution in [3.05, 3.63) is 0 Å². The zero-order chi connectivity index (χ0) is 37.9. The Bertz CT molecular complexity index is 1180. The zero-order valence-electron chi connectivity index (χ0n) is 28.8. The van der Waals surface area contributed by atoms with Gasteiger partial charge in [0.2, 0.25) is 5.91 Å². The number of unbranched alkanes of at least 4 members (excludes halogenated alkanes) is 5. The second-order valence-corrected chi connectivity index (χ2v) is 13.8. The van der Waals surface area contributed by atoms with E-state index in [1.165, 1.54) is 21.0 Å². The van der Waals surface area contributed by atoms with Gasteiger partial charge in [-0.2, -0.15) is 8.42 Å². The van der Waals surface area contributed by atoms with Gasteiger partial charge in [0.15, 0.2) is 18.9 Å². The summed E-state index contributed by atoms with van der Waals surface area (Å²) < 4.78 is 76.8. The minimum Gasteiger partial charge on any atom is -0.469 e. The minimum absolute atomic E-state index is 0.126. The van der Waals surface area contributed by atoms with Crippen LogP contribution >= 0.6 is 0 Å². The lowest BCUT2D eigenvalue weighted by Crippen LogP contribution is -2.69. The van der Waals surface area contributed by atoms with Gasteiger partial charge >= 0.3 is 16.4 Å². The van der Waals surface area contributed by atoms with Gasteiger partial charge in [0, 0.05) is 26.4 Å². The lowest BCUT2D eigenvalue weighted by atomic mass is 9.94. The third kappa shape index (κ3) is 13.0. The molecule has 21 heteroatoms. The molecule has 14 atom stereocenters. The van der Waals surface area contributed by atoms with Crippen LogP contribution in [0.25, 0.3) is 0 Å². The van der Waals surface area contributed by atoms with Gasteiger partial charge in [-0.25, -0.2) is 4.18 Å². The second kappa shape index (κ2) is 20.7. The van der Waals surface area contributed by atoms with Crippen LogP contribution < -0.4 is 5.32 Å². The first-order valence-electron chi connectivity index (χ1n) is 16.9. The average Bonchev–Trinajstić information content (AvgIpc) is 3.07. The molecule has 3 saturated heterocycles. The lowest BCUT2D eigenvalue weighted by molar-refractivity contribution is -0.367. The van der Waals surface area contributed by atoms with E-state index in [2.05, 4.69) is 14.2 Å². The normalized spacial score (nSPS) is 37.5. The van der Waals surface area contributed by atoms with E-state index >= 15 is 0 Å². The minimum atomic E-state index is -5.08. The molecular weight excluding hydrogens is 710 g/mol. The van der Waals surface area contributed by atoms with Crippen LogP contribution in [0.2, 0.25) is 0 Å². The van der Waals surface area contributed by atoms with Crippen LogP contribution in [0.15, 0.2) is 0 Å². The molecule has 0 aromatic carbocycles. The molecule has 0 aliphatic carbocycles. The average molecular weight is 764 g/mol. The Hall–Kier alpha value is -1.67. The van der Waals surface area contributed by atoms with Gasteiger partial charge in [-0.05, 0) is 19.8 Å². The van der Waals surface area contributed by atoms with Crippen molar-refractivity contribution in [3.63, 3.8) is 0 Å². The first-order valence-corrected chi connectivity index (χ1v) is 18.3. The fourth-order valence-electron chi connectivity index (χ4n) is 6.10.